The summed E-state index contributed by atoms with van der Waals surface area (Å²) in [7, 11) is -1.92. The molecule has 3 nitrogen and oxygen atoms in total. The fourth-order valence-electron chi connectivity index (χ4n) is 0.756. The van der Waals surface area contributed by atoms with Gasteiger partial charge in [0.05, 0.1) is 0 Å². The second-order valence-corrected chi connectivity index (χ2v) is 3.79. The van der Waals surface area contributed by atoms with Crippen LogP contribution in [-0.4, -0.2) is 12.2 Å². The lowest BCUT2D eigenvalue weighted by atomic mass is 10.2. The van der Waals surface area contributed by atoms with E-state index in [0.29, 0.717) is 0 Å². The molecule has 0 amide bonds. The van der Waals surface area contributed by atoms with Gasteiger partial charge in [0.2, 0.25) is 0 Å². The monoisotopic (exact) mass is 193 g/mol. The molecule has 12 heavy (non-hydrogen) atoms. The van der Waals surface area contributed by atoms with Gasteiger partial charge in [-0.05, 0) is 26.7 Å². The molecule has 0 fully saturated rings. The maximum Gasteiger partial charge on any atom is 0.697 e. The average molecular weight is 193 g/mol. The normalized spacial score (nSPS) is 12.7. The van der Waals surface area contributed by atoms with Gasteiger partial charge < -0.3 is 0 Å². The molecule has 0 aromatic carbocycles. The maximum absolute atomic E-state index is 11.1. The van der Waals surface area contributed by atoms with Crippen LogP contribution in [0.25, 0.3) is 0 Å². The predicted octanol–water partition coefficient (Wildman–Crippen LogP) is 3.27. The Balaban J connectivity index is 3.66. The Bertz CT molecular complexity index is 132. The highest BCUT2D eigenvalue weighted by Crippen LogP contribution is 2.29. The lowest BCUT2D eigenvalue weighted by Gasteiger charge is -2.03. The second-order valence-electron chi connectivity index (χ2n) is 2.92. The summed E-state index contributed by atoms with van der Waals surface area (Å²) in [4.78, 5) is 0. The van der Waals surface area contributed by atoms with Crippen molar-refractivity contribution in [3.63, 3.8) is 0 Å². The van der Waals surface area contributed by atoms with E-state index >= 15 is 0 Å². The van der Waals surface area contributed by atoms with Gasteiger partial charge in [0.15, 0.2) is 0 Å². The largest absolute Gasteiger partial charge is 0.697 e. The van der Waals surface area contributed by atoms with Gasteiger partial charge in [-0.1, -0.05) is 13.8 Å². The lowest BCUT2D eigenvalue weighted by Crippen LogP contribution is -2.07. The first-order valence-electron chi connectivity index (χ1n) is 4.40. The van der Waals surface area contributed by atoms with Gasteiger partial charge in [0.25, 0.3) is 0 Å². The molecule has 0 saturated heterocycles. The van der Waals surface area contributed by atoms with Crippen LogP contribution < -0.4 is 0 Å². The third kappa shape index (κ3) is 5.64. The van der Waals surface area contributed by atoms with E-state index in [1.54, 1.807) is 0 Å². The summed E-state index contributed by atoms with van der Waals surface area (Å²) in [6, 6.07) is 0. The van der Waals surface area contributed by atoms with Gasteiger partial charge in [0.1, 0.15) is 12.2 Å². The summed E-state index contributed by atoms with van der Waals surface area (Å²) in [6.07, 6.45) is 1.77. The zero-order valence-corrected chi connectivity index (χ0v) is 9.14. The van der Waals surface area contributed by atoms with E-state index in [9.17, 15) is 4.57 Å². The molecule has 0 heterocycles. The molecule has 0 aliphatic carbocycles. The summed E-state index contributed by atoms with van der Waals surface area (Å²) >= 11 is 0. The Morgan fingerprint density at radius 2 is 1.67 bits per heavy atom. The van der Waals surface area contributed by atoms with Gasteiger partial charge in [-0.2, -0.15) is 0 Å². The average Bonchev–Trinajstić information content (AvgIpc) is 1.98. The molecule has 0 aliphatic rings. The van der Waals surface area contributed by atoms with Crippen LogP contribution >= 0.6 is 8.25 Å². The summed E-state index contributed by atoms with van der Waals surface area (Å²) < 4.78 is 21.2. The van der Waals surface area contributed by atoms with Gasteiger partial charge in [0, 0.05) is 4.57 Å². The van der Waals surface area contributed by atoms with E-state index in [1.807, 2.05) is 27.7 Å². The summed E-state index contributed by atoms with van der Waals surface area (Å²) in [5.74, 6) is 0. The van der Waals surface area contributed by atoms with Crippen molar-refractivity contribution in [1.29, 1.82) is 0 Å². The van der Waals surface area contributed by atoms with Crippen molar-refractivity contribution in [3.05, 3.63) is 0 Å². The van der Waals surface area contributed by atoms with Gasteiger partial charge in [-0.25, -0.2) is 0 Å². The van der Waals surface area contributed by atoms with E-state index in [0.717, 1.165) is 12.8 Å². The van der Waals surface area contributed by atoms with E-state index in [1.165, 1.54) is 0 Å². The SMILES string of the molecule is CCC(CC)O[P+](=O)OC(C)C. The van der Waals surface area contributed by atoms with E-state index < -0.39 is 8.25 Å². The van der Waals surface area contributed by atoms with Crippen molar-refractivity contribution in [2.75, 3.05) is 0 Å². The molecule has 0 aliphatic heterocycles. The van der Waals surface area contributed by atoms with E-state index in [2.05, 4.69) is 0 Å². The summed E-state index contributed by atoms with van der Waals surface area (Å²) in [5.41, 5.74) is 0. The van der Waals surface area contributed by atoms with Crippen LogP contribution in [0.4, 0.5) is 0 Å². The van der Waals surface area contributed by atoms with Crippen molar-refractivity contribution in [1.82, 2.24) is 0 Å². The van der Waals surface area contributed by atoms with Crippen LogP contribution in [0.3, 0.4) is 0 Å². The van der Waals surface area contributed by atoms with Crippen molar-refractivity contribution >= 4 is 8.25 Å². The lowest BCUT2D eigenvalue weighted by molar-refractivity contribution is 0.138. The van der Waals surface area contributed by atoms with Crippen LogP contribution in [0.5, 0.6) is 0 Å². The zero-order chi connectivity index (χ0) is 9.56. The first-order valence-corrected chi connectivity index (χ1v) is 5.50. The van der Waals surface area contributed by atoms with Crippen LogP contribution in [0.2, 0.25) is 0 Å². The molecule has 0 radical (unpaired) electrons. The molecule has 0 spiro atoms. The smallest absolute Gasteiger partial charge is 0.116 e. The van der Waals surface area contributed by atoms with Crippen molar-refractivity contribution < 1.29 is 13.6 Å². The highest BCUT2D eigenvalue weighted by atomic mass is 31.1. The van der Waals surface area contributed by atoms with E-state index in [4.69, 9.17) is 9.05 Å². The Labute approximate surface area is 75.4 Å². The fourth-order valence-corrected chi connectivity index (χ4v) is 1.69. The highest BCUT2D eigenvalue weighted by molar-refractivity contribution is 7.33. The molecular formula is C8H18O3P+. The third-order valence-corrected chi connectivity index (χ3v) is 2.51. The van der Waals surface area contributed by atoms with Crippen LogP contribution in [0, 0.1) is 0 Å². The molecule has 0 aromatic rings. The Morgan fingerprint density at radius 3 is 2.00 bits per heavy atom. The first kappa shape index (κ1) is 12.0. The highest BCUT2D eigenvalue weighted by Gasteiger charge is 2.26. The zero-order valence-electron chi connectivity index (χ0n) is 8.24. The maximum atomic E-state index is 11.1. The number of hydrogen-bond donors (Lipinski definition) is 0. The summed E-state index contributed by atoms with van der Waals surface area (Å²) in [5, 5.41) is 0. The molecule has 72 valence electrons. The molecule has 1 atom stereocenters. The molecule has 0 saturated carbocycles. The van der Waals surface area contributed by atoms with E-state index in [-0.39, 0.29) is 12.2 Å². The van der Waals surface area contributed by atoms with Gasteiger partial charge >= 0.3 is 8.25 Å². The topological polar surface area (TPSA) is 35.5 Å². The minimum Gasteiger partial charge on any atom is -0.116 e. The van der Waals surface area contributed by atoms with Crippen LogP contribution in [0.1, 0.15) is 40.5 Å². The molecule has 0 N–H and O–H groups in total. The second kappa shape index (κ2) is 6.53. The Hall–Kier alpha value is 0.0200. The minimum atomic E-state index is -1.92. The third-order valence-electron chi connectivity index (χ3n) is 1.44. The Morgan fingerprint density at radius 1 is 1.17 bits per heavy atom. The molecule has 0 rings (SSSR count). The summed E-state index contributed by atoms with van der Waals surface area (Å²) in [6.45, 7) is 7.69. The predicted molar refractivity (Wildman–Crippen MR) is 49.3 cm³/mol. The van der Waals surface area contributed by atoms with Gasteiger partial charge in [-0.3, -0.25) is 0 Å². The van der Waals surface area contributed by atoms with Crippen molar-refractivity contribution in [2.24, 2.45) is 0 Å². The quantitative estimate of drug-likeness (QED) is 0.607. The van der Waals surface area contributed by atoms with Crippen molar-refractivity contribution in [3.8, 4) is 0 Å². The molecule has 0 bridgehead atoms. The number of rotatable bonds is 6. The molecule has 4 heteroatoms. The fraction of sp³-hybridized carbons (Fsp3) is 1.00. The van der Waals surface area contributed by atoms with Gasteiger partial charge in [-0.15, -0.1) is 9.05 Å². The van der Waals surface area contributed by atoms with Crippen molar-refractivity contribution in [2.45, 2.75) is 52.7 Å². The molecule has 0 aromatic heterocycles. The minimum absolute atomic E-state index is 0.0389. The molecule has 1 unspecified atom stereocenters. The van der Waals surface area contributed by atoms with Crippen LogP contribution in [-0.2, 0) is 13.6 Å². The molecular weight excluding hydrogens is 175 g/mol. The standard InChI is InChI=1S/C8H18O3P/c1-5-8(6-2)11-12(9)10-7(3)4/h7-8H,5-6H2,1-4H3/q+1. The first-order chi connectivity index (χ1) is 5.60. The Kier molecular flexibility index (Phi) is 6.54. The number of hydrogen-bond acceptors (Lipinski definition) is 3. The van der Waals surface area contributed by atoms with Crippen LogP contribution in [0.15, 0.2) is 0 Å².